The summed E-state index contributed by atoms with van der Waals surface area (Å²) in [4.78, 5) is 17.7. The van der Waals surface area contributed by atoms with E-state index in [2.05, 4.69) is 68.1 Å². The minimum Gasteiger partial charge on any atom is -0.495 e. The number of nitrogens with one attached hydrogen (secondary N) is 1. The monoisotopic (exact) mass is 590 g/mol. The number of hydrogen-bond donors (Lipinski definition) is 1. The number of anilines is 1. The van der Waals surface area contributed by atoms with E-state index in [4.69, 9.17) is 20.8 Å². The molecule has 0 aliphatic carbocycles. The van der Waals surface area contributed by atoms with Crippen LogP contribution in [0.15, 0.2) is 61.9 Å². The molecule has 0 bridgehead atoms. The van der Waals surface area contributed by atoms with Crippen LogP contribution in [-0.2, 0) is 0 Å². The highest BCUT2D eigenvalue weighted by atomic mass is 79.9. The number of nitrogens with zero attached hydrogens (tertiary/aromatic N) is 1. The number of hydrogen-bond acceptors (Lipinski definition) is 4. The fourth-order valence-electron chi connectivity index (χ4n) is 3.49. The number of fused-ring (bicyclic) bond motifs is 1. The molecule has 33 heavy (non-hydrogen) atoms. The summed E-state index contributed by atoms with van der Waals surface area (Å²) < 4.78 is 12.8. The molecule has 0 fully saturated rings. The molecule has 5 nitrogen and oxygen atoms in total. The van der Waals surface area contributed by atoms with E-state index >= 15 is 0 Å². The highest BCUT2D eigenvalue weighted by molar-refractivity contribution is 9.11. The van der Waals surface area contributed by atoms with E-state index in [0.29, 0.717) is 49.5 Å². The van der Waals surface area contributed by atoms with Crippen molar-refractivity contribution in [1.82, 2.24) is 4.98 Å². The Kier molecular flexibility index (Phi) is 7.12. The summed E-state index contributed by atoms with van der Waals surface area (Å²) in [6.07, 6.45) is 1.05. The van der Waals surface area contributed by atoms with Gasteiger partial charge in [-0.15, -0.1) is 0 Å². The lowest BCUT2D eigenvalue weighted by Crippen LogP contribution is -2.14. The lowest BCUT2D eigenvalue weighted by Gasteiger charge is -2.13. The standard InChI is InChI=1S/C25H21Br2ClN2O3/c1-4-13(2)14-6-8-22-21(9-14)30-25(33-22)15-5-7-19(28)20(10-15)29-24(31)17-11-16(26)12-18(27)23(17)32-3/h5-13H,4H2,1-3H3,(H,29,31)/t13-/m0/s1. The predicted octanol–water partition coefficient (Wildman–Crippen LogP) is 8.45. The van der Waals surface area contributed by atoms with E-state index in [-0.39, 0.29) is 5.91 Å². The molecule has 3 aromatic carbocycles. The molecule has 4 rings (SSSR count). The molecule has 0 radical (unpaired) electrons. The molecule has 0 aliphatic rings. The first-order valence-corrected chi connectivity index (χ1v) is 12.3. The first-order valence-electron chi connectivity index (χ1n) is 10.4. The van der Waals surface area contributed by atoms with Crippen LogP contribution in [-0.4, -0.2) is 18.0 Å². The number of halogens is 3. The van der Waals surface area contributed by atoms with Crippen LogP contribution in [0.4, 0.5) is 5.69 Å². The maximum atomic E-state index is 13.0. The van der Waals surface area contributed by atoms with Crippen molar-refractivity contribution in [1.29, 1.82) is 0 Å². The molecule has 0 unspecified atom stereocenters. The van der Waals surface area contributed by atoms with Gasteiger partial charge in [0.05, 0.1) is 27.9 Å². The fraction of sp³-hybridized carbons (Fsp3) is 0.200. The van der Waals surface area contributed by atoms with Crippen molar-refractivity contribution in [2.24, 2.45) is 0 Å². The number of carbonyl (C=O) groups excluding carboxylic acids is 1. The average Bonchev–Trinajstić information content (AvgIpc) is 3.22. The number of oxazole rings is 1. The van der Waals surface area contributed by atoms with Gasteiger partial charge in [0.15, 0.2) is 5.58 Å². The normalized spacial score (nSPS) is 12.1. The van der Waals surface area contributed by atoms with Gasteiger partial charge in [-0.2, -0.15) is 0 Å². The van der Waals surface area contributed by atoms with Crippen LogP contribution in [0.5, 0.6) is 5.75 Å². The Morgan fingerprint density at radius 1 is 1.18 bits per heavy atom. The first-order chi connectivity index (χ1) is 15.8. The number of carbonyl (C=O) groups is 1. The zero-order valence-corrected chi connectivity index (χ0v) is 22.1. The zero-order valence-electron chi connectivity index (χ0n) is 18.2. The van der Waals surface area contributed by atoms with E-state index in [9.17, 15) is 4.79 Å². The Morgan fingerprint density at radius 3 is 2.70 bits per heavy atom. The van der Waals surface area contributed by atoms with Crippen LogP contribution in [0.3, 0.4) is 0 Å². The van der Waals surface area contributed by atoms with Crippen molar-refractivity contribution >= 4 is 66.2 Å². The molecule has 1 heterocycles. The summed E-state index contributed by atoms with van der Waals surface area (Å²) in [5, 5.41) is 3.27. The molecular formula is C25H21Br2ClN2O3. The Labute approximate surface area is 213 Å². The van der Waals surface area contributed by atoms with Crippen LogP contribution in [0, 0.1) is 0 Å². The van der Waals surface area contributed by atoms with Crippen molar-refractivity contribution in [2.75, 3.05) is 12.4 Å². The van der Waals surface area contributed by atoms with Crippen molar-refractivity contribution in [3.05, 3.63) is 73.6 Å². The van der Waals surface area contributed by atoms with Crippen molar-refractivity contribution in [2.45, 2.75) is 26.2 Å². The first kappa shape index (κ1) is 23.8. The van der Waals surface area contributed by atoms with Gasteiger partial charge in [0.2, 0.25) is 5.89 Å². The highest BCUT2D eigenvalue weighted by Crippen LogP contribution is 2.35. The summed E-state index contributed by atoms with van der Waals surface area (Å²) in [7, 11) is 1.51. The average molecular weight is 593 g/mol. The molecule has 1 N–H and O–H groups in total. The van der Waals surface area contributed by atoms with E-state index in [0.717, 1.165) is 16.4 Å². The van der Waals surface area contributed by atoms with Gasteiger partial charge in [-0.1, -0.05) is 47.4 Å². The number of ether oxygens (including phenoxy) is 1. The van der Waals surface area contributed by atoms with Crippen LogP contribution in [0.1, 0.15) is 42.1 Å². The van der Waals surface area contributed by atoms with Gasteiger partial charge in [-0.25, -0.2) is 4.98 Å². The van der Waals surface area contributed by atoms with Gasteiger partial charge in [0.25, 0.3) is 5.91 Å². The highest BCUT2D eigenvalue weighted by Gasteiger charge is 2.19. The molecule has 1 atom stereocenters. The molecule has 0 saturated heterocycles. The Bertz CT molecular complexity index is 1350. The number of methoxy groups -OCH3 is 1. The molecule has 0 aliphatic heterocycles. The summed E-state index contributed by atoms with van der Waals surface area (Å²) in [5.41, 5.74) is 4.24. The zero-order chi connectivity index (χ0) is 23.7. The summed E-state index contributed by atoms with van der Waals surface area (Å²) in [6.45, 7) is 4.35. The molecule has 0 spiro atoms. The minimum absolute atomic E-state index is 0.358. The number of amides is 1. The van der Waals surface area contributed by atoms with Crippen molar-refractivity contribution in [3.63, 3.8) is 0 Å². The molecule has 4 aromatic rings. The lowest BCUT2D eigenvalue weighted by atomic mass is 9.98. The van der Waals surface area contributed by atoms with E-state index < -0.39 is 0 Å². The van der Waals surface area contributed by atoms with E-state index in [1.54, 1.807) is 18.2 Å². The second kappa shape index (κ2) is 9.87. The maximum absolute atomic E-state index is 13.0. The third-order valence-electron chi connectivity index (χ3n) is 5.51. The van der Waals surface area contributed by atoms with Crippen molar-refractivity contribution < 1.29 is 13.9 Å². The Balaban J connectivity index is 1.67. The summed E-state index contributed by atoms with van der Waals surface area (Å²) in [5.74, 6) is 0.978. The molecule has 1 amide bonds. The van der Waals surface area contributed by atoms with Gasteiger partial charge in [-0.05, 0) is 76.3 Å². The van der Waals surface area contributed by atoms with Crippen molar-refractivity contribution in [3.8, 4) is 17.2 Å². The third kappa shape index (κ3) is 4.95. The van der Waals surface area contributed by atoms with E-state index in [1.165, 1.54) is 12.7 Å². The number of rotatable bonds is 6. The smallest absolute Gasteiger partial charge is 0.259 e. The maximum Gasteiger partial charge on any atom is 0.259 e. The Hall–Kier alpha value is -2.35. The third-order valence-corrected chi connectivity index (χ3v) is 6.89. The van der Waals surface area contributed by atoms with Gasteiger partial charge >= 0.3 is 0 Å². The molecule has 1 aromatic heterocycles. The fourth-order valence-corrected chi connectivity index (χ4v) is 5.04. The van der Waals surface area contributed by atoms with Gasteiger partial charge in [0, 0.05) is 10.0 Å². The number of aromatic nitrogens is 1. The molecule has 8 heteroatoms. The van der Waals surface area contributed by atoms with Crippen LogP contribution >= 0.6 is 43.5 Å². The van der Waals surface area contributed by atoms with Crippen LogP contribution in [0.2, 0.25) is 5.02 Å². The van der Waals surface area contributed by atoms with E-state index in [1.807, 2.05) is 18.2 Å². The van der Waals surface area contributed by atoms with Crippen LogP contribution < -0.4 is 10.1 Å². The van der Waals surface area contributed by atoms with Gasteiger partial charge in [0.1, 0.15) is 11.3 Å². The molecule has 170 valence electrons. The number of benzene rings is 3. The summed E-state index contributed by atoms with van der Waals surface area (Å²) >= 11 is 13.2. The minimum atomic E-state index is -0.358. The van der Waals surface area contributed by atoms with Gasteiger partial charge < -0.3 is 14.5 Å². The molecule has 0 saturated carbocycles. The lowest BCUT2D eigenvalue weighted by molar-refractivity contribution is 0.102. The Morgan fingerprint density at radius 2 is 1.97 bits per heavy atom. The topological polar surface area (TPSA) is 64.4 Å². The summed E-state index contributed by atoms with van der Waals surface area (Å²) in [6, 6.07) is 14.8. The second-order valence-corrected chi connectivity index (χ2v) is 9.85. The second-order valence-electron chi connectivity index (χ2n) is 7.67. The quantitative estimate of drug-likeness (QED) is 0.244. The van der Waals surface area contributed by atoms with Gasteiger partial charge in [-0.3, -0.25) is 4.79 Å². The predicted molar refractivity (Wildman–Crippen MR) is 140 cm³/mol. The molecular weight excluding hydrogens is 572 g/mol. The van der Waals surface area contributed by atoms with Crippen LogP contribution in [0.25, 0.3) is 22.6 Å². The SMILES string of the molecule is CC[C@H](C)c1ccc2oc(-c3ccc(Cl)c(NC(=O)c4cc(Br)cc(Br)c4OC)c3)nc2c1. The largest absolute Gasteiger partial charge is 0.495 e.